The maximum absolute atomic E-state index is 14.3. The van der Waals surface area contributed by atoms with Crippen LogP contribution in [0.2, 0.25) is 0 Å². The Labute approximate surface area is 266 Å². The molecule has 2 N–H and O–H groups in total. The molecule has 45 heavy (non-hydrogen) atoms. The minimum atomic E-state index is -0.826. The highest BCUT2D eigenvalue weighted by molar-refractivity contribution is 5.92. The zero-order valence-electron chi connectivity index (χ0n) is 26.1. The lowest BCUT2D eigenvalue weighted by Crippen LogP contribution is -2.76. The first-order valence-electron chi connectivity index (χ1n) is 15.1. The van der Waals surface area contributed by atoms with Gasteiger partial charge < -0.3 is 25.1 Å². The van der Waals surface area contributed by atoms with Gasteiger partial charge in [-0.3, -0.25) is 9.59 Å². The summed E-state index contributed by atoms with van der Waals surface area (Å²) in [4.78, 5) is 47.3. The Balaban J connectivity index is 0.00000461. The van der Waals surface area contributed by atoms with E-state index in [1.54, 1.807) is 51.1 Å². The van der Waals surface area contributed by atoms with Crippen molar-refractivity contribution in [2.75, 3.05) is 32.1 Å². The Morgan fingerprint density at radius 2 is 1.67 bits per heavy atom. The monoisotopic (exact) mass is 614 g/mol. The van der Waals surface area contributed by atoms with Crippen LogP contribution in [0.25, 0.3) is 0 Å². The molecule has 3 aromatic carbocycles. The number of nitrogens with zero attached hydrogens (tertiary/aromatic N) is 5. The Morgan fingerprint density at radius 3 is 2.33 bits per heavy atom. The average molecular weight is 615 g/mol. The topological polar surface area (TPSA) is 99.7 Å². The molecule has 240 valence electrons. The lowest BCUT2D eigenvalue weighted by Gasteiger charge is -2.55. The van der Waals surface area contributed by atoms with E-state index in [9.17, 15) is 19.5 Å². The van der Waals surface area contributed by atoms with E-state index in [1.165, 1.54) is 0 Å². The molecule has 3 atom stereocenters. The van der Waals surface area contributed by atoms with Gasteiger partial charge >= 0.3 is 6.03 Å². The number of likely N-dealkylation sites (N-methyl/N-ethyl adjacent to an activating group) is 1. The van der Waals surface area contributed by atoms with Gasteiger partial charge in [0.25, 0.3) is 0 Å². The van der Waals surface area contributed by atoms with Crippen molar-refractivity contribution in [3.63, 3.8) is 0 Å². The minimum Gasteiger partial charge on any atom is -0.508 e. The Kier molecular flexibility index (Phi) is 10.4. The molecular weight excluding hydrogens is 568 g/mol. The molecule has 0 aromatic heterocycles. The number of carbonyl (C=O) groups is 3. The van der Waals surface area contributed by atoms with Crippen molar-refractivity contribution in [2.45, 2.75) is 65.5 Å². The van der Waals surface area contributed by atoms with Crippen LogP contribution in [0.4, 0.5) is 10.5 Å². The van der Waals surface area contributed by atoms with Crippen LogP contribution in [0.1, 0.15) is 50.9 Å². The highest BCUT2D eigenvalue weighted by Gasteiger charge is 2.51. The number of amides is 4. The standard InChI is InChI=1S/C34H42N6O4.CH4/c1-23(2)37(5)28-13-9-12-27(19-28)24(3)38-21-31-39(30(33(38)43)18-25-14-16-29(41)17-15-25)32(42)22-36(4)40(31)34(44)35-20-26-10-7-6-8-11-26;/h6-17,19,23-24,30-31,41H,18,20-22H2,1-5H3,(H,35,44);1H4/t24-,30-,31-;/m0./s1. The number of rotatable bonds is 8. The van der Waals surface area contributed by atoms with Crippen molar-refractivity contribution in [2.24, 2.45) is 0 Å². The average Bonchev–Trinajstić information content (AvgIpc) is 3.01. The number of urea groups is 1. The van der Waals surface area contributed by atoms with E-state index in [0.29, 0.717) is 12.6 Å². The lowest BCUT2D eigenvalue weighted by atomic mass is 9.96. The molecule has 0 unspecified atom stereocenters. The van der Waals surface area contributed by atoms with Gasteiger partial charge in [0.1, 0.15) is 18.0 Å². The van der Waals surface area contributed by atoms with Gasteiger partial charge in [-0.05, 0) is 61.7 Å². The summed E-state index contributed by atoms with van der Waals surface area (Å²) in [6, 6.07) is 23.3. The third-order valence-electron chi connectivity index (χ3n) is 8.75. The van der Waals surface area contributed by atoms with Crippen molar-refractivity contribution in [3.8, 4) is 5.75 Å². The molecule has 2 heterocycles. The number of piperazine rings is 1. The van der Waals surface area contributed by atoms with Crippen LogP contribution in [-0.2, 0) is 22.6 Å². The predicted octanol–water partition coefficient (Wildman–Crippen LogP) is 4.61. The number of phenolic OH excluding ortho intramolecular Hbond substituents is 1. The number of aromatic hydroxyl groups is 1. The van der Waals surface area contributed by atoms with Crippen LogP contribution < -0.4 is 10.2 Å². The second-order valence-corrected chi connectivity index (χ2v) is 11.9. The Hall–Kier alpha value is -4.57. The SMILES string of the molecule is C.CC(C)N(C)c1cccc([C@H](C)N2C[C@H]3N(C(=O)CN(C)N3C(=O)NCc3ccccc3)[C@@H](Cc3ccc(O)cc3)C2=O)c1. The zero-order chi connectivity index (χ0) is 31.5. The number of benzene rings is 3. The molecule has 10 nitrogen and oxygen atoms in total. The normalized spacial score (nSPS) is 19.2. The fourth-order valence-electron chi connectivity index (χ4n) is 6.01. The van der Waals surface area contributed by atoms with Gasteiger partial charge in [-0.1, -0.05) is 62.0 Å². The van der Waals surface area contributed by atoms with Crippen molar-refractivity contribution in [3.05, 3.63) is 95.6 Å². The quantitative estimate of drug-likeness (QED) is 0.385. The summed E-state index contributed by atoms with van der Waals surface area (Å²) in [6.45, 7) is 6.70. The minimum absolute atomic E-state index is 0. The van der Waals surface area contributed by atoms with Gasteiger partial charge in [0.2, 0.25) is 11.8 Å². The van der Waals surface area contributed by atoms with Crippen LogP contribution in [0, 0.1) is 0 Å². The maximum atomic E-state index is 14.3. The molecule has 4 amide bonds. The van der Waals surface area contributed by atoms with E-state index in [1.807, 2.05) is 56.4 Å². The third kappa shape index (κ3) is 7.06. The number of nitrogens with one attached hydrogen (secondary N) is 1. The Bertz CT molecular complexity index is 1480. The summed E-state index contributed by atoms with van der Waals surface area (Å²) in [5.74, 6) is -0.262. The van der Waals surface area contributed by atoms with Crippen LogP contribution in [0.5, 0.6) is 5.75 Å². The van der Waals surface area contributed by atoms with Crippen LogP contribution in [0.3, 0.4) is 0 Å². The predicted molar refractivity (Wildman–Crippen MR) is 176 cm³/mol. The fraction of sp³-hybridized carbons (Fsp3) is 0.400. The number of hydrogen-bond donors (Lipinski definition) is 2. The summed E-state index contributed by atoms with van der Waals surface area (Å²) in [5.41, 5.74) is 3.78. The molecule has 2 aliphatic rings. The highest BCUT2D eigenvalue weighted by atomic mass is 16.3. The van der Waals surface area contributed by atoms with Gasteiger partial charge in [-0.25, -0.2) is 14.8 Å². The molecule has 5 rings (SSSR count). The molecular formula is C35H46N6O4. The van der Waals surface area contributed by atoms with Crippen LogP contribution in [0.15, 0.2) is 78.9 Å². The molecule has 2 saturated heterocycles. The van der Waals surface area contributed by atoms with Crippen LogP contribution in [-0.4, -0.2) is 88.2 Å². The molecule has 0 saturated carbocycles. The molecule has 0 radical (unpaired) electrons. The van der Waals surface area contributed by atoms with Gasteiger partial charge in [0.15, 0.2) is 0 Å². The highest BCUT2D eigenvalue weighted by Crippen LogP contribution is 2.34. The number of anilines is 1. The molecule has 0 bridgehead atoms. The van der Waals surface area contributed by atoms with E-state index in [-0.39, 0.29) is 56.6 Å². The second kappa shape index (κ2) is 14.0. The lowest BCUT2D eigenvalue weighted by molar-refractivity contribution is -0.189. The first-order valence-corrected chi connectivity index (χ1v) is 15.1. The number of hydrazine groups is 1. The largest absolute Gasteiger partial charge is 0.508 e. The second-order valence-electron chi connectivity index (χ2n) is 11.9. The van der Waals surface area contributed by atoms with Crippen molar-refractivity contribution < 1.29 is 19.5 Å². The summed E-state index contributed by atoms with van der Waals surface area (Å²) in [7, 11) is 3.77. The van der Waals surface area contributed by atoms with E-state index < -0.39 is 12.2 Å². The smallest absolute Gasteiger partial charge is 0.334 e. The number of carbonyl (C=O) groups excluding carboxylic acids is 3. The third-order valence-corrected chi connectivity index (χ3v) is 8.75. The Morgan fingerprint density at radius 1 is 0.978 bits per heavy atom. The van der Waals surface area contributed by atoms with Gasteiger partial charge in [-0.15, -0.1) is 0 Å². The first kappa shape index (κ1) is 33.3. The summed E-state index contributed by atoms with van der Waals surface area (Å²) in [5, 5.41) is 16.1. The van der Waals surface area contributed by atoms with Crippen molar-refractivity contribution >= 4 is 23.5 Å². The van der Waals surface area contributed by atoms with Gasteiger partial charge in [-0.2, -0.15) is 0 Å². The molecule has 2 aliphatic heterocycles. The van der Waals surface area contributed by atoms with E-state index in [2.05, 4.69) is 36.2 Å². The number of phenols is 1. The van der Waals surface area contributed by atoms with Crippen molar-refractivity contribution in [1.82, 2.24) is 25.1 Å². The van der Waals surface area contributed by atoms with E-state index in [4.69, 9.17) is 0 Å². The number of fused-ring (bicyclic) bond motifs is 1. The molecule has 3 aromatic rings. The van der Waals surface area contributed by atoms with Crippen molar-refractivity contribution in [1.29, 1.82) is 0 Å². The maximum Gasteiger partial charge on any atom is 0.334 e. The number of hydrogen-bond acceptors (Lipinski definition) is 6. The van der Waals surface area contributed by atoms with Gasteiger partial charge in [0.05, 0.1) is 19.1 Å². The molecule has 0 spiro atoms. The van der Waals surface area contributed by atoms with E-state index >= 15 is 0 Å². The van der Waals surface area contributed by atoms with Gasteiger partial charge in [0, 0.05) is 38.8 Å². The summed E-state index contributed by atoms with van der Waals surface area (Å²) >= 11 is 0. The van der Waals surface area contributed by atoms with Crippen LogP contribution >= 0.6 is 0 Å². The first-order chi connectivity index (χ1) is 21.0. The molecule has 0 aliphatic carbocycles. The molecule has 2 fully saturated rings. The van der Waals surface area contributed by atoms with E-state index in [0.717, 1.165) is 22.4 Å². The molecule has 10 heteroatoms. The summed E-state index contributed by atoms with van der Waals surface area (Å²) in [6.07, 6.45) is -0.454. The zero-order valence-corrected chi connectivity index (χ0v) is 26.1. The summed E-state index contributed by atoms with van der Waals surface area (Å²) < 4.78 is 0. The fourth-order valence-corrected chi connectivity index (χ4v) is 6.01.